The molecule has 0 heterocycles. The van der Waals surface area contributed by atoms with Gasteiger partial charge >= 0.3 is 16.7 Å². The van der Waals surface area contributed by atoms with E-state index in [1.165, 1.54) is 0 Å². The lowest BCUT2D eigenvalue weighted by Gasteiger charge is -2.00. The van der Waals surface area contributed by atoms with Gasteiger partial charge in [0, 0.05) is 7.05 Å². The first-order valence-corrected chi connectivity index (χ1v) is 2.97. The van der Waals surface area contributed by atoms with Gasteiger partial charge in [-0.1, -0.05) is 0 Å². The van der Waals surface area contributed by atoms with E-state index in [9.17, 15) is 13.2 Å². The average molecular weight is 138 g/mol. The van der Waals surface area contributed by atoms with E-state index < -0.39 is 10.3 Å². The van der Waals surface area contributed by atoms with E-state index in [1.54, 1.807) is 0 Å². The number of hydrogen-bond acceptors (Lipinski definition) is 3. The summed E-state index contributed by atoms with van der Waals surface area (Å²) in [4.78, 5) is 9.41. The summed E-state index contributed by atoms with van der Waals surface area (Å²) in [6, 6.07) is 0. The molecule has 0 spiro atoms. The van der Waals surface area contributed by atoms with Crippen LogP contribution in [0.25, 0.3) is 0 Å². The summed E-state index contributed by atoms with van der Waals surface area (Å²) in [5, 5.41) is 0. The van der Waals surface area contributed by atoms with Crippen molar-refractivity contribution in [3.63, 3.8) is 0 Å². The maximum absolute atomic E-state index is 9.78. The van der Waals surface area contributed by atoms with Crippen LogP contribution in [0.15, 0.2) is 0 Å². The molecule has 1 N–H and O–H groups in total. The van der Waals surface area contributed by atoms with Crippen LogP contribution in [0.1, 0.15) is 0 Å². The molecule has 0 aromatic carbocycles. The molecule has 0 atom stereocenters. The predicted molar refractivity (Wildman–Crippen MR) is 25.0 cm³/mol. The molecule has 8 heavy (non-hydrogen) atoms. The van der Waals surface area contributed by atoms with E-state index >= 15 is 0 Å². The first-order valence-electron chi connectivity index (χ1n) is 1.57. The Bertz CT molecular complexity index is 170. The molecular weight excluding hydrogens is 134 g/mol. The molecule has 0 rings (SSSR count). The summed E-state index contributed by atoms with van der Waals surface area (Å²) < 4.78 is 27.5. The molecule has 0 bridgehead atoms. The molecule has 0 aromatic rings. The zero-order chi connectivity index (χ0) is 6.78. The number of rotatable bonds is 2. The highest BCUT2D eigenvalue weighted by Crippen LogP contribution is 1.83. The van der Waals surface area contributed by atoms with Gasteiger partial charge in [0.15, 0.2) is 0 Å². The topological polar surface area (TPSA) is 74.7 Å². The highest BCUT2D eigenvalue weighted by molar-refractivity contribution is 7.83. The molecule has 47 valence electrons. The smallest absolute Gasteiger partial charge is 0.269 e. The second-order valence-corrected chi connectivity index (χ2v) is 2.48. The van der Waals surface area contributed by atoms with E-state index in [1.807, 2.05) is 0 Å². The fourth-order valence-electron chi connectivity index (χ4n) is 0.0471. The van der Waals surface area contributed by atoms with Crippen molar-refractivity contribution in [3.8, 4) is 0 Å². The molecule has 0 aromatic heterocycles. The van der Waals surface area contributed by atoms with Crippen LogP contribution in [-0.4, -0.2) is 30.7 Å². The normalized spacial score (nSPS) is 10.8. The Balaban J connectivity index is 4.26. The van der Waals surface area contributed by atoms with Gasteiger partial charge in [-0.25, -0.2) is 4.31 Å². The summed E-state index contributed by atoms with van der Waals surface area (Å²) in [7, 11) is -3.47. The third-order valence-electron chi connectivity index (χ3n) is 0.475. The first-order chi connectivity index (χ1) is 3.48. The van der Waals surface area contributed by atoms with Crippen LogP contribution in [0.5, 0.6) is 0 Å². The zero-order valence-electron chi connectivity index (χ0n) is 4.03. The molecule has 1 radical (unpaired) electrons. The summed E-state index contributed by atoms with van der Waals surface area (Å²) in [6.45, 7) is 0. The molecule has 0 saturated carbocycles. The quantitative estimate of drug-likeness (QED) is 0.383. The van der Waals surface area contributed by atoms with Gasteiger partial charge < -0.3 is 0 Å². The van der Waals surface area contributed by atoms with Gasteiger partial charge in [0.05, 0.1) is 0 Å². The van der Waals surface area contributed by atoms with Crippen LogP contribution < -0.4 is 0 Å². The Kier molecular flexibility index (Phi) is 1.94. The summed E-state index contributed by atoms with van der Waals surface area (Å²) in [6.07, 6.45) is 0.950. The van der Waals surface area contributed by atoms with Crippen LogP contribution >= 0.6 is 0 Å². The van der Waals surface area contributed by atoms with Gasteiger partial charge in [0.1, 0.15) is 0 Å². The third-order valence-corrected chi connectivity index (χ3v) is 1.24. The predicted octanol–water partition coefficient (Wildman–Crippen LogP) is -1.21. The van der Waals surface area contributed by atoms with Crippen molar-refractivity contribution in [2.24, 2.45) is 0 Å². The summed E-state index contributed by atoms with van der Waals surface area (Å²) >= 11 is 0. The van der Waals surface area contributed by atoms with Crippen molar-refractivity contribution in [2.45, 2.75) is 0 Å². The number of nitrogens with zero attached hydrogens (tertiary/aromatic N) is 1. The number of carbonyl (C=O) groups excluding carboxylic acids is 1. The zero-order valence-corrected chi connectivity index (χ0v) is 4.84. The van der Waals surface area contributed by atoms with Crippen LogP contribution in [0.4, 0.5) is 0 Å². The van der Waals surface area contributed by atoms with Crippen molar-refractivity contribution in [1.29, 1.82) is 0 Å². The molecule has 0 aliphatic rings. The first kappa shape index (κ1) is 7.38. The maximum atomic E-state index is 9.78. The van der Waals surface area contributed by atoms with E-state index in [0.717, 1.165) is 13.5 Å². The highest BCUT2D eigenvalue weighted by Gasteiger charge is 2.09. The molecule has 0 fully saturated rings. The standard InChI is InChI=1S/C2H4NO4S/c1-3(2-4)8(5,6)7/h1H3,(H,5,6,7). The van der Waals surface area contributed by atoms with E-state index in [0.29, 0.717) is 0 Å². The van der Waals surface area contributed by atoms with Crippen molar-refractivity contribution in [2.75, 3.05) is 7.05 Å². The average Bonchev–Trinajstić information content (AvgIpc) is 1.62. The second kappa shape index (κ2) is 2.10. The fourth-order valence-corrected chi connectivity index (χ4v) is 0.141. The lowest BCUT2D eigenvalue weighted by atomic mass is 11.2. The van der Waals surface area contributed by atoms with E-state index in [-0.39, 0.29) is 4.31 Å². The molecule has 5 nitrogen and oxygen atoms in total. The Morgan fingerprint density at radius 3 is 2.00 bits per heavy atom. The van der Waals surface area contributed by atoms with Gasteiger partial charge in [-0.15, -0.1) is 0 Å². The van der Waals surface area contributed by atoms with E-state index in [4.69, 9.17) is 4.55 Å². The summed E-state index contributed by atoms with van der Waals surface area (Å²) in [5.41, 5.74) is 0. The van der Waals surface area contributed by atoms with Gasteiger partial charge in [-0.3, -0.25) is 9.35 Å². The SMILES string of the molecule is CN([C]=O)S(=O)(=O)O. The monoisotopic (exact) mass is 138 g/mol. The lowest BCUT2D eigenvalue weighted by Crippen LogP contribution is -2.23. The second-order valence-electron chi connectivity index (χ2n) is 1.04. The van der Waals surface area contributed by atoms with Gasteiger partial charge in [-0.05, 0) is 0 Å². The minimum Gasteiger partial charge on any atom is -0.269 e. The Morgan fingerprint density at radius 2 is 2.00 bits per heavy atom. The van der Waals surface area contributed by atoms with Crippen LogP contribution in [-0.2, 0) is 15.1 Å². The molecule has 0 unspecified atom stereocenters. The Labute approximate surface area is 46.8 Å². The molecule has 0 aliphatic carbocycles. The maximum Gasteiger partial charge on any atom is 0.362 e. The molecule has 0 saturated heterocycles. The van der Waals surface area contributed by atoms with E-state index in [2.05, 4.69) is 0 Å². The summed E-state index contributed by atoms with van der Waals surface area (Å²) in [5.74, 6) is 0. The van der Waals surface area contributed by atoms with Gasteiger partial charge in [0.2, 0.25) is 0 Å². The number of amides is 1. The molecular formula is C2H4NO4S. The van der Waals surface area contributed by atoms with Crippen LogP contribution in [0, 0.1) is 0 Å². The lowest BCUT2D eigenvalue weighted by molar-refractivity contribution is 0.426. The van der Waals surface area contributed by atoms with Crippen molar-refractivity contribution in [1.82, 2.24) is 4.31 Å². The third kappa shape index (κ3) is 1.90. The van der Waals surface area contributed by atoms with Crippen LogP contribution in [0.2, 0.25) is 0 Å². The fraction of sp³-hybridized carbons (Fsp3) is 0.500. The molecule has 6 heteroatoms. The van der Waals surface area contributed by atoms with Crippen molar-refractivity contribution >= 4 is 16.7 Å². The Morgan fingerprint density at radius 1 is 1.62 bits per heavy atom. The largest absolute Gasteiger partial charge is 0.362 e. The van der Waals surface area contributed by atoms with Crippen molar-refractivity contribution in [3.05, 3.63) is 0 Å². The van der Waals surface area contributed by atoms with Gasteiger partial charge in [-0.2, -0.15) is 8.42 Å². The molecule has 0 aliphatic heterocycles. The Hall–Kier alpha value is -0.620. The number of hydrogen-bond donors (Lipinski definition) is 1. The van der Waals surface area contributed by atoms with Gasteiger partial charge in [0.25, 0.3) is 0 Å². The minimum atomic E-state index is -4.34. The molecule has 1 amide bonds. The van der Waals surface area contributed by atoms with Crippen LogP contribution in [0.3, 0.4) is 0 Å². The highest BCUT2D eigenvalue weighted by atomic mass is 32.2. The van der Waals surface area contributed by atoms with Crippen molar-refractivity contribution < 1.29 is 17.8 Å². The minimum absolute atomic E-state index is 0.0347.